The van der Waals surface area contributed by atoms with Gasteiger partial charge in [0.2, 0.25) is 0 Å². The van der Waals surface area contributed by atoms with Crippen molar-refractivity contribution in [1.82, 2.24) is 20.0 Å². The number of likely N-dealkylation sites (N-methyl/N-ethyl adjacent to an activating group) is 1. The van der Waals surface area contributed by atoms with E-state index in [0.717, 1.165) is 19.5 Å². The van der Waals surface area contributed by atoms with Crippen molar-refractivity contribution in [3.8, 4) is 0 Å². The minimum absolute atomic E-state index is 0.325. The molecule has 0 bridgehead atoms. The highest BCUT2D eigenvalue weighted by molar-refractivity contribution is 5.21. The van der Waals surface area contributed by atoms with Gasteiger partial charge in [0.05, 0.1) is 5.69 Å². The smallest absolute Gasteiger partial charge is 0.0666 e. The molecule has 0 saturated heterocycles. The Kier molecular flexibility index (Phi) is 5.53. The largest absolute Gasteiger partial charge is 0.308 e. The normalized spacial score (nSPS) is 12.8. The second kappa shape index (κ2) is 7.38. The standard InChI is InChI=1S/C17H26N4/c1-5-16-15(12-21(4)19-16)11-18-17(13-20(2)3)14-9-7-6-8-10-14/h6-10,12,17-18H,5,11,13H2,1-4H3. The summed E-state index contributed by atoms with van der Waals surface area (Å²) in [6.07, 6.45) is 3.09. The van der Waals surface area contributed by atoms with Crippen LogP contribution in [0.5, 0.6) is 0 Å². The number of hydrogen-bond acceptors (Lipinski definition) is 3. The van der Waals surface area contributed by atoms with Gasteiger partial charge in [-0.25, -0.2) is 0 Å². The highest BCUT2D eigenvalue weighted by atomic mass is 15.3. The van der Waals surface area contributed by atoms with Gasteiger partial charge in [0.1, 0.15) is 0 Å². The van der Waals surface area contributed by atoms with Crippen LogP contribution in [0.25, 0.3) is 0 Å². The second-order valence-corrected chi connectivity index (χ2v) is 5.73. The van der Waals surface area contributed by atoms with E-state index in [0.29, 0.717) is 6.04 Å². The quantitative estimate of drug-likeness (QED) is 0.848. The van der Waals surface area contributed by atoms with Crippen LogP contribution in [-0.2, 0) is 20.0 Å². The monoisotopic (exact) mass is 286 g/mol. The Balaban J connectivity index is 2.08. The van der Waals surface area contributed by atoms with E-state index in [1.165, 1.54) is 16.8 Å². The van der Waals surface area contributed by atoms with Crippen molar-refractivity contribution in [3.05, 3.63) is 53.3 Å². The molecule has 1 heterocycles. The third kappa shape index (κ3) is 4.41. The van der Waals surface area contributed by atoms with Crippen LogP contribution in [0.2, 0.25) is 0 Å². The molecule has 0 radical (unpaired) electrons. The van der Waals surface area contributed by atoms with Gasteiger partial charge < -0.3 is 10.2 Å². The number of nitrogens with one attached hydrogen (secondary N) is 1. The number of aromatic nitrogens is 2. The molecule has 0 aliphatic carbocycles. The van der Waals surface area contributed by atoms with Gasteiger partial charge in [-0.2, -0.15) is 5.10 Å². The SMILES string of the molecule is CCc1nn(C)cc1CNC(CN(C)C)c1ccccc1. The maximum absolute atomic E-state index is 4.51. The van der Waals surface area contributed by atoms with Gasteiger partial charge >= 0.3 is 0 Å². The lowest BCUT2D eigenvalue weighted by atomic mass is 10.1. The van der Waals surface area contributed by atoms with Gasteiger partial charge in [-0.3, -0.25) is 4.68 Å². The Morgan fingerprint density at radius 1 is 1.24 bits per heavy atom. The molecular formula is C17H26N4. The van der Waals surface area contributed by atoms with Gasteiger partial charge in [0.15, 0.2) is 0 Å². The zero-order chi connectivity index (χ0) is 15.2. The number of hydrogen-bond donors (Lipinski definition) is 1. The van der Waals surface area contributed by atoms with E-state index in [9.17, 15) is 0 Å². The number of rotatable bonds is 7. The Bertz CT molecular complexity index is 545. The van der Waals surface area contributed by atoms with Crippen molar-refractivity contribution in [1.29, 1.82) is 0 Å². The van der Waals surface area contributed by atoms with Crippen LogP contribution in [0.4, 0.5) is 0 Å². The molecule has 1 aromatic heterocycles. The molecule has 0 amide bonds. The molecule has 0 aliphatic rings. The second-order valence-electron chi connectivity index (χ2n) is 5.73. The summed E-state index contributed by atoms with van der Waals surface area (Å²) in [5, 5.41) is 8.18. The zero-order valence-corrected chi connectivity index (χ0v) is 13.5. The minimum Gasteiger partial charge on any atom is -0.308 e. The molecule has 2 aromatic rings. The van der Waals surface area contributed by atoms with E-state index in [4.69, 9.17) is 0 Å². The van der Waals surface area contributed by atoms with Crippen molar-refractivity contribution in [2.45, 2.75) is 25.9 Å². The molecule has 1 atom stereocenters. The van der Waals surface area contributed by atoms with Crippen LogP contribution in [-0.4, -0.2) is 35.3 Å². The van der Waals surface area contributed by atoms with Gasteiger partial charge in [0.25, 0.3) is 0 Å². The molecule has 114 valence electrons. The fraction of sp³-hybridized carbons (Fsp3) is 0.471. The molecular weight excluding hydrogens is 260 g/mol. The Labute approximate surface area is 127 Å². The summed E-state index contributed by atoms with van der Waals surface area (Å²) < 4.78 is 1.90. The first-order valence-corrected chi connectivity index (χ1v) is 7.54. The molecule has 0 fully saturated rings. The molecule has 4 heteroatoms. The van der Waals surface area contributed by atoms with Crippen LogP contribution in [0.15, 0.2) is 36.5 Å². The topological polar surface area (TPSA) is 33.1 Å². The fourth-order valence-electron chi connectivity index (χ4n) is 2.60. The van der Waals surface area contributed by atoms with Crippen molar-refractivity contribution in [2.75, 3.05) is 20.6 Å². The van der Waals surface area contributed by atoms with Crippen LogP contribution in [0, 0.1) is 0 Å². The molecule has 0 aliphatic heterocycles. The average Bonchev–Trinajstić information content (AvgIpc) is 2.84. The number of benzene rings is 1. The van der Waals surface area contributed by atoms with Crippen molar-refractivity contribution in [3.63, 3.8) is 0 Å². The highest BCUT2D eigenvalue weighted by Crippen LogP contribution is 2.15. The Morgan fingerprint density at radius 3 is 2.57 bits per heavy atom. The molecule has 2 rings (SSSR count). The molecule has 4 nitrogen and oxygen atoms in total. The van der Waals surface area contributed by atoms with Crippen molar-refractivity contribution >= 4 is 0 Å². The fourth-order valence-corrected chi connectivity index (χ4v) is 2.60. The van der Waals surface area contributed by atoms with E-state index in [1.54, 1.807) is 0 Å². The van der Waals surface area contributed by atoms with E-state index < -0.39 is 0 Å². The predicted molar refractivity (Wildman–Crippen MR) is 87.2 cm³/mol. The summed E-state index contributed by atoms with van der Waals surface area (Å²) in [5.41, 5.74) is 3.80. The van der Waals surface area contributed by atoms with Crippen LogP contribution in [0.3, 0.4) is 0 Å². The van der Waals surface area contributed by atoms with E-state index in [2.05, 4.69) is 72.9 Å². The van der Waals surface area contributed by atoms with Crippen molar-refractivity contribution in [2.24, 2.45) is 7.05 Å². The molecule has 0 saturated carbocycles. The summed E-state index contributed by atoms with van der Waals surface area (Å²) in [6, 6.07) is 11.0. The first kappa shape index (κ1) is 15.7. The third-order valence-corrected chi connectivity index (χ3v) is 3.62. The summed E-state index contributed by atoms with van der Waals surface area (Å²) >= 11 is 0. The molecule has 0 spiro atoms. The Morgan fingerprint density at radius 2 is 1.95 bits per heavy atom. The van der Waals surface area contributed by atoms with E-state index in [-0.39, 0.29) is 0 Å². The average molecular weight is 286 g/mol. The van der Waals surface area contributed by atoms with Gasteiger partial charge in [-0.15, -0.1) is 0 Å². The predicted octanol–water partition coefficient (Wildman–Crippen LogP) is 2.38. The molecule has 21 heavy (non-hydrogen) atoms. The van der Waals surface area contributed by atoms with Gasteiger partial charge in [0, 0.05) is 37.9 Å². The maximum Gasteiger partial charge on any atom is 0.0666 e. The lowest BCUT2D eigenvalue weighted by Crippen LogP contribution is -2.31. The van der Waals surface area contributed by atoms with E-state index >= 15 is 0 Å². The lowest BCUT2D eigenvalue weighted by Gasteiger charge is -2.23. The van der Waals surface area contributed by atoms with Crippen LogP contribution in [0.1, 0.15) is 29.8 Å². The number of aryl methyl sites for hydroxylation is 2. The van der Waals surface area contributed by atoms with Crippen molar-refractivity contribution < 1.29 is 0 Å². The molecule has 1 aromatic carbocycles. The summed E-state index contributed by atoms with van der Waals surface area (Å²) in [4.78, 5) is 2.22. The maximum atomic E-state index is 4.51. The molecule has 1 unspecified atom stereocenters. The van der Waals surface area contributed by atoms with Crippen LogP contribution >= 0.6 is 0 Å². The van der Waals surface area contributed by atoms with Crippen LogP contribution < -0.4 is 5.32 Å². The summed E-state index contributed by atoms with van der Waals surface area (Å²) in [5.74, 6) is 0. The Hall–Kier alpha value is -1.65. The zero-order valence-electron chi connectivity index (χ0n) is 13.5. The first-order chi connectivity index (χ1) is 10.1. The summed E-state index contributed by atoms with van der Waals surface area (Å²) in [6.45, 7) is 3.98. The minimum atomic E-state index is 0.325. The lowest BCUT2D eigenvalue weighted by molar-refractivity contribution is 0.340. The number of nitrogens with zero attached hydrogens (tertiary/aromatic N) is 3. The van der Waals surface area contributed by atoms with E-state index in [1.807, 2.05) is 11.7 Å². The van der Waals surface area contributed by atoms with Gasteiger partial charge in [-0.1, -0.05) is 37.3 Å². The first-order valence-electron chi connectivity index (χ1n) is 7.54. The molecule has 1 N–H and O–H groups in total. The van der Waals surface area contributed by atoms with Gasteiger partial charge in [-0.05, 0) is 26.1 Å². The third-order valence-electron chi connectivity index (χ3n) is 3.62. The summed E-state index contributed by atoms with van der Waals surface area (Å²) in [7, 11) is 6.20. The highest BCUT2D eigenvalue weighted by Gasteiger charge is 2.13.